The molecular formula is C9H12N2O4. The van der Waals surface area contributed by atoms with Gasteiger partial charge in [-0.3, -0.25) is 9.48 Å². The highest BCUT2D eigenvalue weighted by Gasteiger charge is 2.12. The number of ether oxygens (including phenoxy) is 1. The zero-order chi connectivity index (χ0) is 11.4. The first-order chi connectivity index (χ1) is 7.00. The molecule has 15 heavy (non-hydrogen) atoms. The minimum absolute atomic E-state index is 0.0969. The maximum atomic E-state index is 10.8. The van der Waals surface area contributed by atoms with Gasteiger partial charge in [0.1, 0.15) is 12.3 Å². The van der Waals surface area contributed by atoms with Gasteiger partial charge in [-0.2, -0.15) is 5.10 Å². The van der Waals surface area contributed by atoms with Crippen molar-refractivity contribution in [1.82, 2.24) is 9.78 Å². The van der Waals surface area contributed by atoms with E-state index in [0.717, 1.165) is 0 Å². The molecule has 0 aliphatic carbocycles. The number of hydrogen-bond acceptors (Lipinski definition) is 4. The van der Waals surface area contributed by atoms with Gasteiger partial charge >= 0.3 is 11.9 Å². The number of aromatic nitrogens is 2. The number of carbonyl (C=O) groups is 2. The van der Waals surface area contributed by atoms with Crippen LogP contribution in [0.25, 0.3) is 0 Å². The van der Waals surface area contributed by atoms with Crippen molar-refractivity contribution in [1.29, 1.82) is 0 Å². The number of hydrogen-bond donors (Lipinski definition) is 1. The number of esters is 1. The second-order valence-corrected chi connectivity index (χ2v) is 3.04. The molecule has 1 rings (SSSR count). The summed E-state index contributed by atoms with van der Waals surface area (Å²) in [4.78, 5) is 21.3. The van der Waals surface area contributed by atoms with Gasteiger partial charge in [0.2, 0.25) is 0 Å². The quantitative estimate of drug-likeness (QED) is 0.733. The molecule has 0 saturated carbocycles. The van der Waals surface area contributed by atoms with Crippen LogP contribution in [-0.4, -0.2) is 33.4 Å². The summed E-state index contributed by atoms with van der Waals surface area (Å²) in [5.41, 5.74) is 0.717. The van der Waals surface area contributed by atoms with E-state index in [1.807, 2.05) is 0 Å². The lowest BCUT2D eigenvalue weighted by Crippen LogP contribution is -2.15. The van der Waals surface area contributed by atoms with Crippen LogP contribution in [0.5, 0.6) is 0 Å². The molecular weight excluding hydrogens is 200 g/mol. The van der Waals surface area contributed by atoms with Crippen LogP contribution >= 0.6 is 0 Å². The Hall–Kier alpha value is -1.85. The molecule has 0 spiro atoms. The van der Waals surface area contributed by atoms with Crippen LogP contribution in [0, 0.1) is 6.92 Å². The van der Waals surface area contributed by atoms with Crippen molar-refractivity contribution < 1.29 is 19.4 Å². The summed E-state index contributed by atoms with van der Waals surface area (Å²) < 4.78 is 6.00. The third-order valence-corrected chi connectivity index (χ3v) is 1.73. The van der Waals surface area contributed by atoms with Crippen LogP contribution in [0.2, 0.25) is 0 Å². The Morgan fingerprint density at radius 3 is 2.80 bits per heavy atom. The minimum Gasteiger partial charge on any atom is -0.477 e. The van der Waals surface area contributed by atoms with E-state index >= 15 is 0 Å². The van der Waals surface area contributed by atoms with Crippen LogP contribution in [0.1, 0.15) is 23.1 Å². The topological polar surface area (TPSA) is 81.4 Å². The molecule has 0 amide bonds. The lowest BCUT2D eigenvalue weighted by Gasteiger charge is -2.04. The van der Waals surface area contributed by atoms with Gasteiger partial charge in [0.15, 0.2) is 0 Å². The molecule has 1 aromatic rings. The zero-order valence-electron chi connectivity index (χ0n) is 8.56. The second kappa shape index (κ2) is 4.59. The molecule has 1 aromatic heterocycles. The number of aryl methyl sites for hydroxylation is 1. The third kappa shape index (κ3) is 3.08. The predicted octanol–water partition coefficient (Wildman–Crippen LogP) is 0.453. The van der Waals surface area contributed by atoms with Crippen LogP contribution in [0.3, 0.4) is 0 Å². The standard InChI is InChI=1S/C9H12N2O4/c1-6-5-8(9(13)14)11(10-6)3-4-15-7(2)12/h5H,3-4H2,1-2H3,(H,13,14). The predicted molar refractivity (Wildman–Crippen MR) is 50.6 cm³/mol. The van der Waals surface area contributed by atoms with Crippen LogP contribution < -0.4 is 0 Å². The monoisotopic (exact) mass is 212 g/mol. The first-order valence-corrected chi connectivity index (χ1v) is 4.42. The molecule has 6 nitrogen and oxygen atoms in total. The number of carboxylic acid groups (broad SMARTS) is 1. The van der Waals surface area contributed by atoms with E-state index < -0.39 is 11.9 Å². The molecule has 6 heteroatoms. The summed E-state index contributed by atoms with van der Waals surface area (Å²) in [6.45, 7) is 3.37. The fraction of sp³-hybridized carbons (Fsp3) is 0.444. The van der Waals surface area contributed by atoms with Crippen molar-refractivity contribution in [2.75, 3.05) is 6.61 Å². The fourth-order valence-corrected chi connectivity index (χ4v) is 1.16. The third-order valence-electron chi connectivity index (χ3n) is 1.73. The number of aromatic carboxylic acids is 1. The molecule has 0 atom stereocenters. The van der Waals surface area contributed by atoms with Gasteiger partial charge in [0.25, 0.3) is 0 Å². The SMILES string of the molecule is CC(=O)OCCn1nc(C)cc1C(=O)O. The summed E-state index contributed by atoms with van der Waals surface area (Å²) in [6, 6.07) is 1.47. The van der Waals surface area contributed by atoms with E-state index in [0.29, 0.717) is 5.69 Å². The molecule has 0 aliphatic heterocycles. The lowest BCUT2D eigenvalue weighted by atomic mass is 10.4. The molecule has 1 N–H and O–H groups in total. The molecule has 82 valence electrons. The molecule has 1 heterocycles. The Bertz CT molecular complexity index is 383. The number of carboxylic acids is 1. The van der Waals surface area contributed by atoms with Crippen LogP contribution in [0.4, 0.5) is 0 Å². The van der Waals surface area contributed by atoms with Gasteiger partial charge in [-0.05, 0) is 13.0 Å². The van der Waals surface area contributed by atoms with Gasteiger partial charge < -0.3 is 9.84 Å². The van der Waals surface area contributed by atoms with E-state index in [9.17, 15) is 9.59 Å². The summed E-state index contributed by atoms with van der Waals surface area (Å²) in [5.74, 6) is -1.44. The molecule has 0 aromatic carbocycles. The number of nitrogens with zero attached hydrogens (tertiary/aromatic N) is 2. The smallest absolute Gasteiger partial charge is 0.354 e. The molecule has 0 radical (unpaired) electrons. The molecule has 0 bridgehead atoms. The van der Waals surface area contributed by atoms with Crippen molar-refractivity contribution in [3.05, 3.63) is 17.5 Å². The molecule has 0 aliphatic rings. The van der Waals surface area contributed by atoms with Crippen molar-refractivity contribution in [3.8, 4) is 0 Å². The van der Waals surface area contributed by atoms with Gasteiger partial charge in [0.05, 0.1) is 12.2 Å². The summed E-state index contributed by atoms with van der Waals surface area (Å²) in [7, 11) is 0. The normalized spacial score (nSPS) is 10.0. The maximum Gasteiger partial charge on any atom is 0.354 e. The molecule has 0 saturated heterocycles. The Balaban J connectivity index is 2.67. The Labute approximate surface area is 86.5 Å². The Morgan fingerprint density at radius 2 is 2.27 bits per heavy atom. The van der Waals surface area contributed by atoms with E-state index in [-0.39, 0.29) is 18.8 Å². The highest BCUT2D eigenvalue weighted by atomic mass is 16.5. The van der Waals surface area contributed by atoms with Crippen LogP contribution in [0.15, 0.2) is 6.07 Å². The second-order valence-electron chi connectivity index (χ2n) is 3.04. The van der Waals surface area contributed by atoms with Crippen molar-refractivity contribution >= 4 is 11.9 Å². The average Bonchev–Trinajstić information content (AvgIpc) is 2.46. The summed E-state index contributed by atoms with van der Waals surface area (Å²) in [6.07, 6.45) is 0. The minimum atomic E-state index is -1.04. The van der Waals surface area contributed by atoms with E-state index in [1.165, 1.54) is 17.7 Å². The summed E-state index contributed by atoms with van der Waals surface area (Å²) >= 11 is 0. The van der Waals surface area contributed by atoms with Crippen molar-refractivity contribution in [3.63, 3.8) is 0 Å². The first kappa shape index (κ1) is 11.2. The zero-order valence-corrected chi connectivity index (χ0v) is 8.56. The van der Waals surface area contributed by atoms with Crippen molar-refractivity contribution in [2.45, 2.75) is 20.4 Å². The van der Waals surface area contributed by atoms with Gasteiger partial charge in [-0.25, -0.2) is 4.79 Å². The Kier molecular flexibility index (Phi) is 3.43. The van der Waals surface area contributed by atoms with E-state index in [1.54, 1.807) is 6.92 Å². The lowest BCUT2D eigenvalue weighted by molar-refractivity contribution is -0.141. The first-order valence-electron chi connectivity index (χ1n) is 4.42. The fourth-order valence-electron chi connectivity index (χ4n) is 1.16. The largest absolute Gasteiger partial charge is 0.477 e. The van der Waals surface area contributed by atoms with E-state index in [4.69, 9.17) is 9.84 Å². The Morgan fingerprint density at radius 1 is 1.60 bits per heavy atom. The average molecular weight is 212 g/mol. The van der Waals surface area contributed by atoms with Gasteiger partial charge in [-0.1, -0.05) is 0 Å². The molecule has 0 fully saturated rings. The van der Waals surface area contributed by atoms with Gasteiger partial charge in [-0.15, -0.1) is 0 Å². The van der Waals surface area contributed by atoms with Crippen LogP contribution in [-0.2, 0) is 16.1 Å². The number of carbonyl (C=O) groups excluding carboxylic acids is 1. The van der Waals surface area contributed by atoms with Crippen molar-refractivity contribution in [2.24, 2.45) is 0 Å². The highest BCUT2D eigenvalue weighted by Crippen LogP contribution is 2.03. The van der Waals surface area contributed by atoms with E-state index in [2.05, 4.69) is 5.10 Å². The maximum absolute atomic E-state index is 10.8. The highest BCUT2D eigenvalue weighted by molar-refractivity contribution is 5.85. The van der Waals surface area contributed by atoms with Gasteiger partial charge in [0, 0.05) is 6.92 Å². The number of rotatable bonds is 4. The molecule has 0 unspecified atom stereocenters. The summed E-state index contributed by atoms with van der Waals surface area (Å²) in [5, 5.41) is 12.8.